The Labute approximate surface area is 233 Å². The van der Waals surface area contributed by atoms with Crippen molar-refractivity contribution in [2.24, 2.45) is 11.8 Å². The van der Waals surface area contributed by atoms with Crippen LogP contribution in [-0.4, -0.2) is 56.6 Å². The predicted octanol–water partition coefficient (Wildman–Crippen LogP) is 6.57. The molecular weight excluding hydrogens is 482 g/mol. The normalized spacial score (nSPS) is 16.8. The molecule has 2 aromatic carbocycles. The molecule has 3 heterocycles. The number of nitrogens with one attached hydrogen (secondary N) is 1. The first kappa shape index (κ1) is 27.1. The molecule has 39 heavy (non-hydrogen) atoms. The maximum absolute atomic E-state index is 4.81. The van der Waals surface area contributed by atoms with Crippen LogP contribution in [0.15, 0.2) is 67.1 Å². The molecule has 5 rings (SSSR count). The number of rotatable bonds is 11. The van der Waals surface area contributed by atoms with Crippen LogP contribution >= 0.6 is 0 Å². The van der Waals surface area contributed by atoms with Gasteiger partial charge >= 0.3 is 0 Å². The van der Waals surface area contributed by atoms with Gasteiger partial charge in [0.1, 0.15) is 12.1 Å². The number of hydrogen-bond acceptors (Lipinski definition) is 6. The third-order valence-electron chi connectivity index (χ3n) is 7.54. The molecule has 0 aliphatic carbocycles. The highest BCUT2D eigenvalue weighted by Crippen LogP contribution is 2.27. The van der Waals surface area contributed by atoms with Gasteiger partial charge in [0, 0.05) is 37.6 Å². The zero-order chi connectivity index (χ0) is 27.4. The van der Waals surface area contributed by atoms with Crippen molar-refractivity contribution in [3.05, 3.63) is 72.7 Å². The lowest BCUT2D eigenvalue weighted by molar-refractivity contribution is 0.227. The topological polar surface area (TPSA) is 62.1 Å². The van der Waals surface area contributed by atoms with Crippen molar-refractivity contribution in [1.29, 1.82) is 0 Å². The van der Waals surface area contributed by atoms with Crippen LogP contribution in [0.2, 0.25) is 0 Å². The van der Waals surface area contributed by atoms with Crippen molar-refractivity contribution in [2.45, 2.75) is 59.5 Å². The van der Waals surface area contributed by atoms with Crippen LogP contribution in [0, 0.1) is 11.8 Å². The molecule has 2 aromatic heterocycles. The average molecular weight is 526 g/mol. The second-order valence-corrected chi connectivity index (χ2v) is 11.8. The average Bonchev–Trinajstić information content (AvgIpc) is 3.54. The highest BCUT2D eigenvalue weighted by atomic mass is 15.2. The summed E-state index contributed by atoms with van der Waals surface area (Å²) < 4.78 is 2.05. The van der Waals surface area contributed by atoms with Gasteiger partial charge in [0.2, 0.25) is 5.95 Å². The Balaban J connectivity index is 1.36. The second kappa shape index (κ2) is 12.2. The molecule has 7 nitrogen and oxygen atoms in total. The fraction of sp³-hybridized carbons (Fsp3) is 0.469. The van der Waals surface area contributed by atoms with E-state index in [0.717, 1.165) is 29.9 Å². The molecule has 1 saturated heterocycles. The Morgan fingerprint density at radius 3 is 2.56 bits per heavy atom. The predicted molar refractivity (Wildman–Crippen MR) is 162 cm³/mol. The molecule has 0 spiro atoms. The number of aromatic nitrogens is 4. The summed E-state index contributed by atoms with van der Waals surface area (Å²) in [4.78, 5) is 19.3. The Hall–Kier alpha value is -3.45. The minimum Gasteiger partial charge on any atom is -0.370 e. The maximum atomic E-state index is 4.81. The zero-order valence-electron chi connectivity index (χ0n) is 24.1. The number of benzene rings is 2. The maximum Gasteiger partial charge on any atom is 0.225 e. The van der Waals surface area contributed by atoms with E-state index in [1.165, 1.54) is 37.2 Å². The van der Waals surface area contributed by atoms with E-state index in [-0.39, 0.29) is 6.04 Å². The summed E-state index contributed by atoms with van der Waals surface area (Å²) in [7, 11) is 0. The van der Waals surface area contributed by atoms with Crippen molar-refractivity contribution >= 4 is 22.7 Å². The molecule has 1 aliphatic rings. The Bertz CT molecular complexity index is 1350. The van der Waals surface area contributed by atoms with E-state index in [1.807, 2.05) is 23.0 Å². The van der Waals surface area contributed by atoms with Crippen LogP contribution in [0.25, 0.3) is 16.9 Å². The molecule has 0 bridgehead atoms. The first-order valence-electron chi connectivity index (χ1n) is 14.5. The zero-order valence-corrected chi connectivity index (χ0v) is 24.1. The van der Waals surface area contributed by atoms with E-state index in [4.69, 9.17) is 9.97 Å². The largest absolute Gasteiger partial charge is 0.370 e. The van der Waals surface area contributed by atoms with Gasteiger partial charge in [0.05, 0.1) is 17.1 Å². The lowest BCUT2D eigenvalue weighted by atomic mass is 10.1. The number of imidazole rings is 1. The molecule has 7 heteroatoms. The van der Waals surface area contributed by atoms with Crippen LogP contribution in [0.3, 0.4) is 0 Å². The third-order valence-corrected chi connectivity index (χ3v) is 7.54. The molecular formula is C32H43N7. The van der Waals surface area contributed by atoms with Gasteiger partial charge in [-0.25, -0.2) is 9.97 Å². The minimum absolute atomic E-state index is 0.104. The number of fused-ring (bicyclic) bond motifs is 1. The fourth-order valence-corrected chi connectivity index (χ4v) is 5.74. The molecule has 0 radical (unpaired) electrons. The van der Waals surface area contributed by atoms with Crippen LogP contribution in [0.5, 0.6) is 0 Å². The van der Waals surface area contributed by atoms with Gasteiger partial charge < -0.3 is 10.2 Å². The van der Waals surface area contributed by atoms with E-state index in [0.29, 0.717) is 23.8 Å². The monoisotopic (exact) mass is 525 g/mol. The second-order valence-electron chi connectivity index (χ2n) is 11.8. The van der Waals surface area contributed by atoms with Crippen molar-refractivity contribution in [3.63, 3.8) is 0 Å². The van der Waals surface area contributed by atoms with Gasteiger partial charge in [-0.1, -0.05) is 58.0 Å². The summed E-state index contributed by atoms with van der Waals surface area (Å²) in [6.07, 6.45) is 6.26. The lowest BCUT2D eigenvalue weighted by Gasteiger charge is -2.34. The van der Waals surface area contributed by atoms with Crippen molar-refractivity contribution in [1.82, 2.24) is 24.4 Å². The standard InChI is InChI=1S/C32H43N7/c1-23(2)19-37-17-9-12-28(37)21-38(20-24(3)4)27-13-14-30-29(18-27)34-22-39(30)31-15-16-33-32(36-31)35-25(5)26-10-7-6-8-11-26/h6-8,10-11,13-16,18,22-25,28H,9,12,17,19-21H2,1-5H3,(H,33,35,36)/t25-,28?/m0/s1. The summed E-state index contributed by atoms with van der Waals surface area (Å²) in [5.74, 6) is 2.69. The summed E-state index contributed by atoms with van der Waals surface area (Å²) in [6, 6.07) is 19.7. The van der Waals surface area contributed by atoms with E-state index in [2.05, 4.69) is 97.2 Å². The van der Waals surface area contributed by atoms with Crippen LogP contribution in [0.4, 0.5) is 11.6 Å². The SMILES string of the molecule is CC(C)CN(CC1CCCN1CC(C)C)c1ccc2c(c1)ncn2-c1ccnc(N[C@@H](C)c2ccccc2)n1. The molecule has 1 fully saturated rings. The van der Waals surface area contributed by atoms with E-state index in [9.17, 15) is 0 Å². The first-order valence-corrected chi connectivity index (χ1v) is 14.5. The van der Waals surface area contributed by atoms with Gasteiger partial charge in [-0.15, -0.1) is 0 Å². The Morgan fingerprint density at radius 1 is 0.974 bits per heavy atom. The Kier molecular flexibility index (Phi) is 8.46. The summed E-state index contributed by atoms with van der Waals surface area (Å²) in [5.41, 5.74) is 4.48. The highest BCUT2D eigenvalue weighted by Gasteiger charge is 2.27. The van der Waals surface area contributed by atoms with Crippen LogP contribution < -0.4 is 10.2 Å². The Morgan fingerprint density at radius 2 is 1.79 bits per heavy atom. The fourth-order valence-electron chi connectivity index (χ4n) is 5.74. The third kappa shape index (κ3) is 6.59. The van der Waals surface area contributed by atoms with E-state index in [1.54, 1.807) is 6.20 Å². The van der Waals surface area contributed by atoms with Crippen molar-refractivity contribution in [3.8, 4) is 5.82 Å². The summed E-state index contributed by atoms with van der Waals surface area (Å²) >= 11 is 0. The lowest BCUT2D eigenvalue weighted by Crippen LogP contribution is -2.43. The van der Waals surface area contributed by atoms with Crippen LogP contribution in [0.1, 0.15) is 59.1 Å². The number of hydrogen-bond donors (Lipinski definition) is 1. The molecule has 0 amide bonds. The van der Waals surface area contributed by atoms with Gasteiger partial charge in [-0.3, -0.25) is 9.47 Å². The number of likely N-dealkylation sites (tertiary alicyclic amines) is 1. The summed E-state index contributed by atoms with van der Waals surface area (Å²) in [6.45, 7) is 15.9. The van der Waals surface area contributed by atoms with E-state index >= 15 is 0 Å². The molecule has 206 valence electrons. The summed E-state index contributed by atoms with van der Waals surface area (Å²) in [5, 5.41) is 3.43. The van der Waals surface area contributed by atoms with Gasteiger partial charge in [0.15, 0.2) is 0 Å². The molecule has 2 atom stereocenters. The van der Waals surface area contributed by atoms with Gasteiger partial charge in [-0.2, -0.15) is 4.98 Å². The van der Waals surface area contributed by atoms with Gasteiger partial charge in [0.25, 0.3) is 0 Å². The molecule has 1 unspecified atom stereocenters. The quantitative estimate of drug-likeness (QED) is 0.239. The molecule has 4 aromatic rings. The van der Waals surface area contributed by atoms with Crippen LogP contribution in [-0.2, 0) is 0 Å². The number of nitrogens with zero attached hydrogens (tertiary/aromatic N) is 6. The smallest absolute Gasteiger partial charge is 0.225 e. The number of anilines is 2. The molecule has 0 saturated carbocycles. The van der Waals surface area contributed by atoms with E-state index < -0.39 is 0 Å². The van der Waals surface area contributed by atoms with Gasteiger partial charge in [-0.05, 0) is 68.0 Å². The molecule has 1 N–H and O–H groups in total. The minimum atomic E-state index is 0.104. The van der Waals surface area contributed by atoms with Crippen molar-refractivity contribution in [2.75, 3.05) is 36.4 Å². The van der Waals surface area contributed by atoms with Crippen molar-refractivity contribution < 1.29 is 0 Å². The molecule has 1 aliphatic heterocycles. The highest BCUT2D eigenvalue weighted by molar-refractivity contribution is 5.81. The first-order chi connectivity index (χ1) is 18.9.